The molecule has 24 heavy (non-hydrogen) atoms. The smallest absolute Gasteiger partial charge is 0.330 e. The van der Waals surface area contributed by atoms with Crippen LogP contribution in [0.4, 0.5) is 0 Å². The molecule has 3 N–H and O–H groups in total. The van der Waals surface area contributed by atoms with E-state index < -0.39 is 18.0 Å². The van der Waals surface area contributed by atoms with Gasteiger partial charge in [-0.15, -0.1) is 0 Å². The summed E-state index contributed by atoms with van der Waals surface area (Å²) in [7, 11) is 0. The van der Waals surface area contributed by atoms with E-state index in [0.29, 0.717) is 6.42 Å². The number of nitrogens with one attached hydrogen (secondary N) is 1. The van der Waals surface area contributed by atoms with Gasteiger partial charge in [0, 0.05) is 17.1 Å². The van der Waals surface area contributed by atoms with Crippen LogP contribution in [-0.2, 0) is 27.2 Å². The number of H-pyrrole nitrogens is 1. The number of aromatic nitrogens is 1. The molecule has 0 aliphatic carbocycles. The molecule has 0 aliphatic heterocycles. The first kappa shape index (κ1) is 16.0. The van der Waals surface area contributed by atoms with Crippen molar-refractivity contribution in [2.24, 2.45) is 5.73 Å². The van der Waals surface area contributed by atoms with Crippen LogP contribution in [0, 0.1) is 0 Å². The van der Waals surface area contributed by atoms with Gasteiger partial charge < -0.3 is 15.5 Å². The molecule has 0 unspecified atom stereocenters. The predicted molar refractivity (Wildman–Crippen MR) is 91.2 cm³/mol. The highest BCUT2D eigenvalue weighted by molar-refractivity contribution is 5.92. The number of esters is 2. The molecule has 0 radical (unpaired) electrons. The predicted octanol–water partition coefficient (Wildman–Crippen LogP) is 2.35. The van der Waals surface area contributed by atoms with Gasteiger partial charge in [0.05, 0.1) is 6.42 Å². The van der Waals surface area contributed by atoms with Gasteiger partial charge in [-0.2, -0.15) is 0 Å². The highest BCUT2D eigenvalue weighted by Gasteiger charge is 2.20. The molecule has 0 spiro atoms. The zero-order valence-corrected chi connectivity index (χ0v) is 13.1. The van der Waals surface area contributed by atoms with Crippen molar-refractivity contribution in [1.29, 1.82) is 0 Å². The van der Waals surface area contributed by atoms with Crippen LogP contribution in [-0.4, -0.2) is 23.0 Å². The van der Waals surface area contributed by atoms with Crippen molar-refractivity contribution in [2.45, 2.75) is 18.9 Å². The fraction of sp³-hybridized carbons (Fsp3) is 0.158. The Bertz CT molecular complexity index is 855. The molecule has 0 amide bonds. The molecule has 5 nitrogen and oxygen atoms in total. The third-order valence-corrected chi connectivity index (χ3v) is 3.83. The Morgan fingerprint density at radius 2 is 1.75 bits per heavy atom. The molecule has 1 heterocycles. The van der Waals surface area contributed by atoms with E-state index in [1.807, 2.05) is 54.6 Å². The SMILES string of the molecule is N[C@@H](Cc1ccccc1)C(=O)OC(=O)Cc1c[nH]c2ccccc12. The molecule has 1 atom stereocenters. The molecule has 3 rings (SSSR count). The summed E-state index contributed by atoms with van der Waals surface area (Å²) in [4.78, 5) is 27.1. The molecule has 0 fully saturated rings. The number of fused-ring (bicyclic) bond motifs is 1. The number of ether oxygens (including phenoxy) is 1. The molecule has 0 saturated carbocycles. The second-order valence-corrected chi connectivity index (χ2v) is 5.63. The van der Waals surface area contributed by atoms with E-state index in [1.54, 1.807) is 6.20 Å². The monoisotopic (exact) mass is 322 g/mol. The standard InChI is InChI=1S/C19H18N2O3/c20-16(10-13-6-2-1-3-7-13)19(23)24-18(22)11-14-12-21-17-9-5-4-8-15(14)17/h1-9,12,16,21H,10-11,20H2/t16-/m0/s1. The van der Waals surface area contributed by atoms with Gasteiger partial charge >= 0.3 is 11.9 Å². The number of hydrogen-bond donors (Lipinski definition) is 2. The minimum Gasteiger partial charge on any atom is -0.392 e. The van der Waals surface area contributed by atoms with Gasteiger partial charge in [0.25, 0.3) is 0 Å². The van der Waals surface area contributed by atoms with E-state index in [4.69, 9.17) is 10.5 Å². The molecule has 122 valence electrons. The highest BCUT2D eigenvalue weighted by Crippen LogP contribution is 2.18. The number of benzene rings is 2. The molecule has 3 aromatic rings. The Labute approximate surface area is 139 Å². The lowest BCUT2D eigenvalue weighted by atomic mass is 10.1. The maximum atomic E-state index is 12.0. The number of nitrogens with two attached hydrogens (primary N) is 1. The number of carbonyl (C=O) groups excluding carboxylic acids is 2. The molecule has 0 aliphatic rings. The van der Waals surface area contributed by atoms with Gasteiger partial charge in [-0.05, 0) is 23.6 Å². The normalized spacial score (nSPS) is 12.0. The molecular formula is C19H18N2O3. The number of hydrogen-bond acceptors (Lipinski definition) is 4. The second-order valence-electron chi connectivity index (χ2n) is 5.63. The number of rotatable bonds is 5. The van der Waals surface area contributed by atoms with Crippen molar-refractivity contribution in [1.82, 2.24) is 4.98 Å². The first-order valence-electron chi connectivity index (χ1n) is 7.72. The van der Waals surface area contributed by atoms with E-state index in [1.165, 1.54) is 0 Å². The van der Waals surface area contributed by atoms with E-state index >= 15 is 0 Å². The van der Waals surface area contributed by atoms with Crippen LogP contribution in [0.15, 0.2) is 60.8 Å². The fourth-order valence-corrected chi connectivity index (χ4v) is 2.61. The van der Waals surface area contributed by atoms with Gasteiger partial charge in [-0.25, -0.2) is 4.79 Å². The largest absolute Gasteiger partial charge is 0.392 e. The van der Waals surface area contributed by atoms with E-state index in [2.05, 4.69) is 4.98 Å². The van der Waals surface area contributed by atoms with Crippen molar-refractivity contribution >= 4 is 22.8 Å². The van der Waals surface area contributed by atoms with E-state index in [0.717, 1.165) is 22.0 Å². The highest BCUT2D eigenvalue weighted by atomic mass is 16.6. The van der Waals surface area contributed by atoms with Gasteiger partial charge in [-0.3, -0.25) is 4.79 Å². The summed E-state index contributed by atoms with van der Waals surface area (Å²) in [6, 6.07) is 16.2. The Hall–Kier alpha value is -2.92. The first-order chi connectivity index (χ1) is 11.6. The minimum atomic E-state index is -0.862. The lowest BCUT2D eigenvalue weighted by molar-refractivity contribution is -0.160. The van der Waals surface area contributed by atoms with Crippen molar-refractivity contribution in [2.75, 3.05) is 0 Å². The summed E-state index contributed by atoms with van der Waals surface area (Å²) >= 11 is 0. The summed E-state index contributed by atoms with van der Waals surface area (Å²) in [5.41, 5.74) is 8.48. The molecule has 0 bridgehead atoms. The summed E-state index contributed by atoms with van der Waals surface area (Å²) in [5, 5.41) is 0.940. The van der Waals surface area contributed by atoms with Crippen LogP contribution in [0.25, 0.3) is 10.9 Å². The maximum Gasteiger partial charge on any atom is 0.330 e. The number of aromatic amines is 1. The molecule has 2 aromatic carbocycles. The topological polar surface area (TPSA) is 85.2 Å². The Kier molecular flexibility index (Phi) is 4.72. The van der Waals surface area contributed by atoms with Crippen LogP contribution in [0.3, 0.4) is 0 Å². The maximum absolute atomic E-state index is 12.0. The lowest BCUT2D eigenvalue weighted by Crippen LogP contribution is -2.36. The second kappa shape index (κ2) is 7.10. The van der Waals surface area contributed by atoms with Crippen LogP contribution < -0.4 is 5.73 Å². The van der Waals surface area contributed by atoms with Gasteiger partial charge in [0.1, 0.15) is 6.04 Å². The molecule has 0 saturated heterocycles. The van der Waals surface area contributed by atoms with E-state index in [9.17, 15) is 9.59 Å². The fourth-order valence-electron chi connectivity index (χ4n) is 2.61. The lowest BCUT2D eigenvalue weighted by Gasteiger charge is -2.10. The molecule has 5 heteroatoms. The van der Waals surface area contributed by atoms with Crippen molar-refractivity contribution in [3.05, 3.63) is 71.9 Å². The quantitative estimate of drug-likeness (QED) is 0.558. The van der Waals surface area contributed by atoms with Crippen LogP contribution in [0.1, 0.15) is 11.1 Å². The summed E-state index contributed by atoms with van der Waals surface area (Å²) < 4.78 is 4.89. The molecular weight excluding hydrogens is 304 g/mol. The van der Waals surface area contributed by atoms with Crippen LogP contribution in [0.5, 0.6) is 0 Å². The zero-order valence-electron chi connectivity index (χ0n) is 13.1. The zero-order chi connectivity index (χ0) is 16.9. The van der Waals surface area contributed by atoms with Gasteiger partial charge in [0.2, 0.25) is 0 Å². The van der Waals surface area contributed by atoms with Gasteiger partial charge in [0.15, 0.2) is 0 Å². The van der Waals surface area contributed by atoms with E-state index in [-0.39, 0.29) is 6.42 Å². The average molecular weight is 322 g/mol. The van der Waals surface area contributed by atoms with Gasteiger partial charge in [-0.1, -0.05) is 48.5 Å². The van der Waals surface area contributed by atoms with Crippen molar-refractivity contribution in [3.8, 4) is 0 Å². The summed E-state index contributed by atoms with van der Waals surface area (Å²) in [6.45, 7) is 0. The number of para-hydroxylation sites is 1. The summed E-state index contributed by atoms with van der Waals surface area (Å²) in [6.07, 6.45) is 2.11. The van der Waals surface area contributed by atoms with Crippen molar-refractivity contribution < 1.29 is 14.3 Å². The Morgan fingerprint density at radius 3 is 2.54 bits per heavy atom. The van der Waals surface area contributed by atoms with Crippen LogP contribution in [0.2, 0.25) is 0 Å². The molecule has 1 aromatic heterocycles. The third kappa shape index (κ3) is 3.70. The Morgan fingerprint density at radius 1 is 1.04 bits per heavy atom. The minimum absolute atomic E-state index is 0.0216. The van der Waals surface area contributed by atoms with Crippen molar-refractivity contribution in [3.63, 3.8) is 0 Å². The average Bonchev–Trinajstić information content (AvgIpc) is 2.99. The number of carbonyl (C=O) groups is 2. The first-order valence-corrected chi connectivity index (χ1v) is 7.72. The Balaban J connectivity index is 1.59. The van der Waals surface area contributed by atoms with Crippen LogP contribution >= 0.6 is 0 Å². The summed E-state index contributed by atoms with van der Waals surface area (Å²) in [5.74, 6) is -1.31. The third-order valence-electron chi connectivity index (χ3n) is 3.83.